The maximum absolute atomic E-state index is 13.6. The van der Waals surface area contributed by atoms with Gasteiger partial charge in [0.25, 0.3) is 5.89 Å². The molecule has 0 radical (unpaired) electrons. The summed E-state index contributed by atoms with van der Waals surface area (Å²) < 4.78 is 47.7. The number of rotatable bonds is 3. The van der Waals surface area contributed by atoms with E-state index in [1.165, 1.54) is 22.8 Å². The number of aromatic amines is 1. The number of nitrogens with one attached hydrogen (secondary N) is 1. The Morgan fingerprint density at radius 2 is 1.94 bits per heavy atom. The lowest BCUT2D eigenvalue weighted by Crippen LogP contribution is -2.36. The zero-order chi connectivity index (χ0) is 22.6. The van der Waals surface area contributed by atoms with Gasteiger partial charge < -0.3 is 14.3 Å². The highest BCUT2D eigenvalue weighted by molar-refractivity contribution is 5.58. The molecule has 6 heterocycles. The van der Waals surface area contributed by atoms with Gasteiger partial charge in [0.15, 0.2) is 0 Å². The predicted octanol–water partition coefficient (Wildman–Crippen LogP) is 3.07. The third-order valence-electron chi connectivity index (χ3n) is 5.45. The molecule has 5 aromatic heterocycles. The van der Waals surface area contributed by atoms with Crippen LogP contribution in [0.4, 0.5) is 19.2 Å². The SMILES string of the molecule is FC(F)(F)c1cccn2nc(C3c4nc[nH]c4CCN3c3nnc(-c4ncccn4)o3)cc12. The van der Waals surface area contributed by atoms with Crippen LogP contribution in [-0.4, -0.2) is 46.3 Å². The van der Waals surface area contributed by atoms with Gasteiger partial charge in [0.2, 0.25) is 5.82 Å². The monoisotopic (exact) mass is 453 g/mol. The molecule has 1 aliphatic heterocycles. The van der Waals surface area contributed by atoms with E-state index in [0.29, 0.717) is 24.4 Å². The van der Waals surface area contributed by atoms with Crippen LogP contribution in [0.1, 0.15) is 28.7 Å². The minimum atomic E-state index is -4.51. The molecule has 0 amide bonds. The third kappa shape index (κ3) is 3.20. The van der Waals surface area contributed by atoms with Gasteiger partial charge in [0.1, 0.15) is 6.04 Å². The van der Waals surface area contributed by atoms with Crippen LogP contribution < -0.4 is 4.90 Å². The van der Waals surface area contributed by atoms with Crippen LogP contribution in [0.15, 0.2) is 53.6 Å². The summed E-state index contributed by atoms with van der Waals surface area (Å²) >= 11 is 0. The van der Waals surface area contributed by atoms with Crippen LogP contribution in [0.5, 0.6) is 0 Å². The van der Waals surface area contributed by atoms with E-state index in [1.54, 1.807) is 29.7 Å². The van der Waals surface area contributed by atoms with Gasteiger partial charge in [0, 0.05) is 37.3 Å². The summed E-state index contributed by atoms with van der Waals surface area (Å²) in [5, 5.41) is 12.6. The van der Waals surface area contributed by atoms with Crippen LogP contribution in [0.25, 0.3) is 17.2 Å². The van der Waals surface area contributed by atoms with Gasteiger partial charge in [0.05, 0.1) is 28.8 Å². The lowest BCUT2D eigenvalue weighted by molar-refractivity contribution is -0.136. The number of pyridine rings is 1. The van der Waals surface area contributed by atoms with Crippen molar-refractivity contribution in [1.29, 1.82) is 0 Å². The maximum atomic E-state index is 13.6. The molecular weight excluding hydrogens is 439 g/mol. The second kappa shape index (κ2) is 7.12. The van der Waals surface area contributed by atoms with Gasteiger partial charge in [-0.15, -0.1) is 5.10 Å². The number of hydrogen-bond acceptors (Lipinski definition) is 8. The Bertz CT molecular complexity index is 1440. The molecule has 0 saturated heterocycles. The number of fused-ring (bicyclic) bond motifs is 2. The van der Waals surface area contributed by atoms with Crippen LogP contribution in [0.3, 0.4) is 0 Å². The molecule has 10 nitrogen and oxygen atoms in total. The van der Waals surface area contributed by atoms with Gasteiger partial charge >= 0.3 is 12.2 Å². The average Bonchev–Trinajstić information content (AvgIpc) is 3.56. The number of aromatic nitrogens is 8. The quantitative estimate of drug-likeness (QED) is 0.443. The van der Waals surface area contributed by atoms with Crippen molar-refractivity contribution in [3.63, 3.8) is 0 Å². The molecule has 1 atom stereocenters. The summed E-state index contributed by atoms with van der Waals surface area (Å²) in [5.74, 6) is 0.402. The van der Waals surface area contributed by atoms with Crippen LogP contribution in [0.2, 0.25) is 0 Å². The number of alkyl halides is 3. The Morgan fingerprint density at radius 3 is 2.76 bits per heavy atom. The van der Waals surface area contributed by atoms with E-state index in [4.69, 9.17) is 4.42 Å². The summed E-state index contributed by atoms with van der Waals surface area (Å²) in [4.78, 5) is 17.5. The molecule has 5 aromatic rings. The van der Waals surface area contributed by atoms with Crippen molar-refractivity contribution >= 4 is 11.5 Å². The van der Waals surface area contributed by atoms with E-state index in [2.05, 4.69) is 35.2 Å². The minimum Gasteiger partial charge on any atom is -0.400 e. The van der Waals surface area contributed by atoms with Crippen molar-refractivity contribution in [2.75, 3.05) is 11.4 Å². The first kappa shape index (κ1) is 19.4. The molecule has 0 spiro atoms. The molecule has 1 aliphatic rings. The molecular formula is C20H14F3N9O. The number of halogens is 3. The highest BCUT2D eigenvalue weighted by atomic mass is 19.4. The molecule has 0 aliphatic carbocycles. The fraction of sp³-hybridized carbons (Fsp3) is 0.200. The second-order valence-corrected chi connectivity index (χ2v) is 7.39. The fourth-order valence-corrected chi connectivity index (χ4v) is 4.02. The second-order valence-electron chi connectivity index (χ2n) is 7.39. The Labute approximate surface area is 183 Å². The molecule has 6 rings (SSSR count). The Morgan fingerprint density at radius 1 is 1.09 bits per heavy atom. The fourth-order valence-electron chi connectivity index (χ4n) is 4.02. The van der Waals surface area contributed by atoms with Crippen molar-refractivity contribution in [3.05, 3.63) is 71.8 Å². The summed E-state index contributed by atoms with van der Waals surface area (Å²) in [6.07, 6.45) is 2.23. The van der Waals surface area contributed by atoms with E-state index in [0.717, 1.165) is 11.8 Å². The zero-order valence-electron chi connectivity index (χ0n) is 16.7. The van der Waals surface area contributed by atoms with E-state index in [-0.39, 0.29) is 23.2 Å². The van der Waals surface area contributed by atoms with E-state index < -0.39 is 17.8 Å². The largest absolute Gasteiger partial charge is 0.418 e. The van der Waals surface area contributed by atoms with E-state index in [9.17, 15) is 13.2 Å². The van der Waals surface area contributed by atoms with Crippen molar-refractivity contribution in [1.82, 2.24) is 39.7 Å². The number of hydrogen-bond donors (Lipinski definition) is 1. The van der Waals surface area contributed by atoms with Gasteiger partial charge in [-0.05, 0) is 24.3 Å². The normalized spacial score (nSPS) is 16.3. The number of anilines is 1. The molecule has 0 aromatic carbocycles. The lowest BCUT2D eigenvalue weighted by atomic mass is 10.00. The molecule has 166 valence electrons. The Hall–Kier alpha value is -4.29. The van der Waals surface area contributed by atoms with Gasteiger partial charge in [-0.3, -0.25) is 0 Å². The predicted molar refractivity (Wildman–Crippen MR) is 107 cm³/mol. The van der Waals surface area contributed by atoms with E-state index in [1.807, 2.05) is 0 Å². The number of nitrogens with zero attached hydrogens (tertiary/aromatic N) is 8. The Kier molecular flexibility index (Phi) is 4.18. The molecule has 0 fully saturated rings. The Balaban J connectivity index is 1.47. The van der Waals surface area contributed by atoms with Crippen LogP contribution >= 0.6 is 0 Å². The molecule has 0 saturated carbocycles. The summed E-state index contributed by atoms with van der Waals surface area (Å²) in [5.41, 5.74) is 1.06. The zero-order valence-corrected chi connectivity index (χ0v) is 16.7. The van der Waals surface area contributed by atoms with Crippen LogP contribution in [0, 0.1) is 0 Å². The first-order chi connectivity index (χ1) is 16.0. The molecule has 1 N–H and O–H groups in total. The topological polar surface area (TPSA) is 114 Å². The lowest BCUT2D eigenvalue weighted by Gasteiger charge is -2.32. The molecule has 33 heavy (non-hydrogen) atoms. The first-order valence-corrected chi connectivity index (χ1v) is 9.94. The van der Waals surface area contributed by atoms with Gasteiger partial charge in [-0.1, -0.05) is 5.10 Å². The van der Waals surface area contributed by atoms with Crippen molar-refractivity contribution < 1.29 is 17.6 Å². The van der Waals surface area contributed by atoms with Crippen molar-refractivity contribution in [2.24, 2.45) is 0 Å². The number of H-pyrrole nitrogens is 1. The first-order valence-electron chi connectivity index (χ1n) is 9.94. The van der Waals surface area contributed by atoms with Gasteiger partial charge in [-0.2, -0.15) is 18.3 Å². The maximum Gasteiger partial charge on any atom is 0.418 e. The van der Waals surface area contributed by atoms with E-state index >= 15 is 0 Å². The molecule has 0 bridgehead atoms. The summed E-state index contributed by atoms with van der Waals surface area (Å²) in [7, 11) is 0. The van der Waals surface area contributed by atoms with Gasteiger partial charge in [-0.25, -0.2) is 19.5 Å². The van der Waals surface area contributed by atoms with Crippen molar-refractivity contribution in [3.8, 4) is 11.7 Å². The highest BCUT2D eigenvalue weighted by Gasteiger charge is 2.38. The minimum absolute atomic E-state index is 0.0495. The standard InChI is InChI=1S/C20H14F3N9O/c21-20(22,23)11-3-1-7-32-14(11)9-13(30-32)16-15-12(26-10-27-15)4-8-31(16)19-29-28-18(33-19)17-24-5-2-6-25-17/h1-3,5-7,9-10,16H,4,8H2,(H,26,27). The third-order valence-corrected chi connectivity index (χ3v) is 5.45. The highest BCUT2D eigenvalue weighted by Crippen LogP contribution is 2.38. The molecule has 1 unspecified atom stereocenters. The van der Waals surface area contributed by atoms with Crippen LogP contribution in [-0.2, 0) is 12.6 Å². The average molecular weight is 453 g/mol. The van der Waals surface area contributed by atoms with Crippen molar-refractivity contribution in [2.45, 2.75) is 18.6 Å². The smallest absolute Gasteiger partial charge is 0.400 e. The summed E-state index contributed by atoms with van der Waals surface area (Å²) in [6.45, 7) is 0.455. The summed E-state index contributed by atoms with van der Waals surface area (Å²) in [6, 6.07) is 4.97. The number of imidazole rings is 1. The molecule has 13 heteroatoms.